The van der Waals surface area contributed by atoms with Crippen molar-refractivity contribution >= 4 is 87.2 Å². The van der Waals surface area contributed by atoms with Gasteiger partial charge >= 0.3 is 0 Å². The summed E-state index contributed by atoms with van der Waals surface area (Å²) in [6.07, 6.45) is 0. The summed E-state index contributed by atoms with van der Waals surface area (Å²) in [6, 6.07) is 81.6. The molecule has 11 aromatic carbocycles. The topological polar surface area (TPSA) is 19.7 Å². The molecule has 0 radical (unpaired) electrons. The third kappa shape index (κ3) is 6.34. The molecule has 0 aliphatic carbocycles. The smallest absolute Gasteiger partial charge is 0.123 e. The molecular formula is C70H48F2N4. The highest BCUT2D eigenvalue weighted by molar-refractivity contribution is 6.28. The van der Waals surface area contributed by atoms with Crippen LogP contribution in [0.4, 0.5) is 8.78 Å². The molecule has 4 nitrogen and oxygen atoms in total. The van der Waals surface area contributed by atoms with Gasteiger partial charge in [0.25, 0.3) is 0 Å². The molecule has 0 unspecified atom stereocenters. The van der Waals surface area contributed by atoms with E-state index in [1.54, 1.807) is 24.3 Å². The van der Waals surface area contributed by atoms with Gasteiger partial charge in [-0.05, 0) is 113 Å². The monoisotopic (exact) mass is 982 g/mol. The number of nitrogens with zero attached hydrogens (tertiary/aromatic N) is 4. The first-order valence-corrected chi connectivity index (χ1v) is 26.0. The van der Waals surface area contributed by atoms with E-state index >= 15 is 8.78 Å². The number of benzene rings is 11. The van der Waals surface area contributed by atoms with Gasteiger partial charge in [0.1, 0.15) is 11.6 Å². The Hall–Kier alpha value is -9.52. The first kappa shape index (κ1) is 44.0. The summed E-state index contributed by atoms with van der Waals surface area (Å²) in [5.74, 6) is -0.622. The minimum Gasteiger partial charge on any atom is -0.309 e. The molecule has 4 aromatic heterocycles. The lowest BCUT2D eigenvalue weighted by molar-refractivity contribution is 0.593. The lowest BCUT2D eigenvalue weighted by Gasteiger charge is -2.32. The summed E-state index contributed by atoms with van der Waals surface area (Å²) in [5.41, 5.74) is 16.8. The van der Waals surface area contributed by atoms with Crippen molar-refractivity contribution in [1.82, 2.24) is 18.3 Å². The quantitative estimate of drug-likeness (QED) is 0.158. The van der Waals surface area contributed by atoms with E-state index in [0.717, 1.165) is 138 Å². The van der Waals surface area contributed by atoms with Crippen molar-refractivity contribution in [3.8, 4) is 45.0 Å². The Kier molecular flexibility index (Phi) is 9.55. The highest BCUT2D eigenvalue weighted by Crippen LogP contribution is 2.52. The second-order valence-corrected chi connectivity index (χ2v) is 21.1. The largest absolute Gasteiger partial charge is 0.309 e. The molecule has 0 bridgehead atoms. The third-order valence-corrected chi connectivity index (χ3v) is 15.8. The van der Waals surface area contributed by atoms with Crippen LogP contribution in [-0.2, 0) is 5.41 Å². The molecule has 15 rings (SSSR count). The second-order valence-electron chi connectivity index (χ2n) is 21.1. The predicted octanol–water partition coefficient (Wildman–Crippen LogP) is 19.0. The van der Waals surface area contributed by atoms with Gasteiger partial charge in [0.05, 0.1) is 55.5 Å². The van der Waals surface area contributed by atoms with Gasteiger partial charge in [-0.15, -0.1) is 0 Å². The highest BCUT2D eigenvalue weighted by Gasteiger charge is 2.33. The zero-order valence-electron chi connectivity index (χ0n) is 42.1. The SMILES string of the molecule is CC(C)(C)c1c(-c2ccc(F)cc2)c(-n2c3ccccc3c3ccc4c(c5ccccc5n4-c4ccccc4)c32)cc(-n2c3ccccc3c3ccc4c(c5ccccc5n4-c4ccccc4)c32)c1-c1ccc(F)cc1. The number of aromatic nitrogens is 4. The average Bonchev–Trinajstić information content (AvgIpc) is 4.39. The number of hydrogen-bond donors (Lipinski definition) is 0. The second kappa shape index (κ2) is 16.5. The van der Waals surface area contributed by atoms with Crippen LogP contribution in [0.3, 0.4) is 0 Å². The predicted molar refractivity (Wildman–Crippen MR) is 313 cm³/mol. The minimum absolute atomic E-state index is 0.311. The number of hydrogen-bond acceptors (Lipinski definition) is 0. The molecule has 0 fully saturated rings. The molecule has 4 heterocycles. The first-order chi connectivity index (χ1) is 37.2. The Morgan fingerprint density at radius 1 is 0.303 bits per heavy atom. The van der Waals surface area contributed by atoms with E-state index in [1.165, 1.54) is 0 Å². The van der Waals surface area contributed by atoms with Crippen molar-refractivity contribution in [2.45, 2.75) is 26.2 Å². The van der Waals surface area contributed by atoms with Crippen LogP contribution in [0.5, 0.6) is 0 Å². The molecule has 6 heteroatoms. The molecule has 76 heavy (non-hydrogen) atoms. The average molecular weight is 983 g/mol. The maximum absolute atomic E-state index is 15.4. The fraction of sp³-hybridized carbons (Fsp3) is 0.0571. The van der Waals surface area contributed by atoms with Gasteiger partial charge in [0.15, 0.2) is 0 Å². The maximum Gasteiger partial charge on any atom is 0.123 e. The Morgan fingerprint density at radius 3 is 1.03 bits per heavy atom. The molecule has 0 aliphatic rings. The van der Waals surface area contributed by atoms with Gasteiger partial charge < -0.3 is 18.3 Å². The summed E-state index contributed by atoms with van der Waals surface area (Å²) >= 11 is 0. The summed E-state index contributed by atoms with van der Waals surface area (Å²) in [5, 5.41) is 9.02. The van der Waals surface area contributed by atoms with Gasteiger partial charge in [0.2, 0.25) is 0 Å². The number of para-hydroxylation sites is 6. The third-order valence-electron chi connectivity index (χ3n) is 15.8. The minimum atomic E-state index is -0.549. The van der Waals surface area contributed by atoms with E-state index in [2.05, 4.69) is 227 Å². The maximum atomic E-state index is 15.4. The van der Waals surface area contributed by atoms with E-state index in [1.807, 2.05) is 24.3 Å². The van der Waals surface area contributed by atoms with Crippen LogP contribution < -0.4 is 0 Å². The van der Waals surface area contributed by atoms with Crippen molar-refractivity contribution in [2.24, 2.45) is 0 Å². The van der Waals surface area contributed by atoms with E-state index in [4.69, 9.17) is 0 Å². The zero-order valence-corrected chi connectivity index (χ0v) is 42.1. The summed E-state index contributed by atoms with van der Waals surface area (Å²) in [4.78, 5) is 0. The van der Waals surface area contributed by atoms with Crippen molar-refractivity contribution in [2.75, 3.05) is 0 Å². The standard InChI is InChI=1S/C70H48F2N4/c1-70(2,3)67-63(43-30-34-45(71)35-31-43)61(75-55-26-14-10-22-49(55)51-38-40-59-65(68(51)75)53-24-12-16-28-57(53)73(59)47-18-6-4-7-19-47)42-62(64(67)44-32-36-46(72)37-33-44)76-56-27-15-11-23-50(56)52-39-41-60-66(69(52)76)54-25-13-17-29-58(54)74(60)48-20-8-5-9-21-48/h4-42H,1-3H3. The fourth-order valence-corrected chi connectivity index (χ4v) is 12.8. The normalized spacial score (nSPS) is 12.3. The fourth-order valence-electron chi connectivity index (χ4n) is 12.8. The van der Waals surface area contributed by atoms with Crippen LogP contribution >= 0.6 is 0 Å². The van der Waals surface area contributed by atoms with Crippen LogP contribution in [0.25, 0.3) is 132 Å². The van der Waals surface area contributed by atoms with Gasteiger partial charge in [-0.2, -0.15) is 0 Å². The summed E-state index contributed by atoms with van der Waals surface area (Å²) in [7, 11) is 0. The molecule has 0 saturated heterocycles. The van der Waals surface area contributed by atoms with Crippen LogP contribution in [0.1, 0.15) is 26.3 Å². The Balaban J connectivity index is 1.21. The van der Waals surface area contributed by atoms with Crippen LogP contribution in [0.15, 0.2) is 237 Å². The van der Waals surface area contributed by atoms with Crippen molar-refractivity contribution in [3.05, 3.63) is 254 Å². The van der Waals surface area contributed by atoms with Gasteiger partial charge in [-0.1, -0.05) is 166 Å². The highest BCUT2D eigenvalue weighted by atomic mass is 19.1. The van der Waals surface area contributed by atoms with Crippen LogP contribution in [0, 0.1) is 11.6 Å². The Bertz CT molecular complexity index is 4540. The van der Waals surface area contributed by atoms with E-state index in [-0.39, 0.29) is 11.6 Å². The van der Waals surface area contributed by atoms with Crippen molar-refractivity contribution in [1.29, 1.82) is 0 Å². The van der Waals surface area contributed by atoms with E-state index < -0.39 is 5.41 Å². The molecule has 15 aromatic rings. The van der Waals surface area contributed by atoms with Gasteiger partial charge in [0, 0.05) is 65.6 Å². The van der Waals surface area contributed by atoms with Crippen molar-refractivity contribution in [3.63, 3.8) is 0 Å². The van der Waals surface area contributed by atoms with Crippen molar-refractivity contribution < 1.29 is 8.78 Å². The van der Waals surface area contributed by atoms with Gasteiger partial charge in [-0.3, -0.25) is 0 Å². The summed E-state index contributed by atoms with van der Waals surface area (Å²) < 4.78 is 40.6. The zero-order chi connectivity index (χ0) is 51.0. The Labute approximate surface area is 437 Å². The lowest BCUT2D eigenvalue weighted by Crippen LogP contribution is -2.18. The Morgan fingerprint density at radius 2 is 0.645 bits per heavy atom. The molecule has 0 spiro atoms. The molecule has 362 valence electrons. The molecular weight excluding hydrogens is 935 g/mol. The molecule has 0 N–H and O–H groups in total. The van der Waals surface area contributed by atoms with Crippen LogP contribution in [0.2, 0.25) is 0 Å². The lowest BCUT2D eigenvalue weighted by atomic mass is 9.75. The van der Waals surface area contributed by atoms with Gasteiger partial charge in [-0.25, -0.2) is 8.78 Å². The van der Waals surface area contributed by atoms with Crippen LogP contribution in [-0.4, -0.2) is 18.3 Å². The van der Waals surface area contributed by atoms with E-state index in [9.17, 15) is 0 Å². The molecule has 0 saturated carbocycles. The number of fused-ring (bicyclic) bond motifs is 14. The van der Waals surface area contributed by atoms with E-state index in [0.29, 0.717) is 0 Å². The molecule has 0 amide bonds. The number of halogens is 2. The molecule has 0 atom stereocenters. The number of rotatable bonds is 6. The molecule has 0 aliphatic heterocycles. The first-order valence-electron chi connectivity index (χ1n) is 26.0. The summed E-state index contributed by atoms with van der Waals surface area (Å²) in [6.45, 7) is 6.81.